The van der Waals surface area contributed by atoms with Gasteiger partial charge in [0.15, 0.2) is 5.65 Å². The van der Waals surface area contributed by atoms with Gasteiger partial charge < -0.3 is 0 Å². The number of imide groups is 1. The Morgan fingerprint density at radius 3 is 2.64 bits per heavy atom. The molecule has 8 heteroatoms. The lowest BCUT2D eigenvalue weighted by Gasteiger charge is -2.13. The molecule has 0 unspecified atom stereocenters. The fourth-order valence-electron chi connectivity index (χ4n) is 3.48. The largest absolute Gasteiger partial charge is 0.268 e. The minimum absolute atomic E-state index is 0.246. The minimum atomic E-state index is -0.433. The summed E-state index contributed by atoms with van der Waals surface area (Å²) in [5, 5.41) is 5.50. The zero-order chi connectivity index (χ0) is 19.4. The molecular weight excluding hydrogens is 378 g/mol. The Kier molecular flexibility index (Phi) is 3.53. The summed E-state index contributed by atoms with van der Waals surface area (Å²) in [5.74, 6) is -0.856. The molecule has 3 aromatic heterocycles. The van der Waals surface area contributed by atoms with Crippen molar-refractivity contribution in [3.63, 3.8) is 0 Å². The molecule has 0 aliphatic carbocycles. The topological polar surface area (TPSA) is 81.0 Å². The highest BCUT2D eigenvalue weighted by Crippen LogP contribution is 2.37. The standard InChI is InChI=1S/C20H12ClN5O2/c1-25-18-16(17(24-25)11-4-3-7-22-9-11)15-14(10-23-18)19(27)26(20(15)28)13-6-2-5-12(21)8-13/h2-10H,1H3. The molecule has 1 aromatic carbocycles. The highest BCUT2D eigenvalue weighted by Gasteiger charge is 2.40. The van der Waals surface area contributed by atoms with Crippen LogP contribution in [0.15, 0.2) is 55.0 Å². The predicted molar refractivity (Wildman–Crippen MR) is 104 cm³/mol. The monoisotopic (exact) mass is 389 g/mol. The molecule has 28 heavy (non-hydrogen) atoms. The molecule has 0 fully saturated rings. The lowest BCUT2D eigenvalue weighted by Crippen LogP contribution is -2.29. The number of aromatic nitrogens is 4. The van der Waals surface area contributed by atoms with Crippen LogP contribution in [0, 0.1) is 0 Å². The van der Waals surface area contributed by atoms with E-state index < -0.39 is 11.8 Å². The van der Waals surface area contributed by atoms with Crippen molar-refractivity contribution in [2.45, 2.75) is 0 Å². The van der Waals surface area contributed by atoms with Crippen LogP contribution in [-0.2, 0) is 7.05 Å². The second-order valence-corrected chi connectivity index (χ2v) is 6.82. The van der Waals surface area contributed by atoms with Gasteiger partial charge in [0.1, 0.15) is 5.69 Å². The fraction of sp³-hybridized carbons (Fsp3) is 0.0500. The first-order valence-corrected chi connectivity index (χ1v) is 8.84. The second kappa shape index (κ2) is 5.97. The van der Waals surface area contributed by atoms with Gasteiger partial charge in [-0.15, -0.1) is 0 Å². The Balaban J connectivity index is 1.78. The van der Waals surface area contributed by atoms with Gasteiger partial charge in [-0.25, -0.2) is 14.6 Å². The number of benzene rings is 1. The summed E-state index contributed by atoms with van der Waals surface area (Å²) >= 11 is 6.05. The fourth-order valence-corrected chi connectivity index (χ4v) is 3.67. The summed E-state index contributed by atoms with van der Waals surface area (Å²) < 4.78 is 1.59. The molecule has 0 spiro atoms. The predicted octanol–water partition coefficient (Wildman–Crippen LogP) is 3.48. The molecule has 136 valence electrons. The third-order valence-electron chi connectivity index (χ3n) is 4.70. The van der Waals surface area contributed by atoms with E-state index in [1.807, 2.05) is 6.07 Å². The van der Waals surface area contributed by atoms with Crippen LogP contribution in [0.3, 0.4) is 0 Å². The van der Waals surface area contributed by atoms with E-state index in [2.05, 4.69) is 15.1 Å². The number of anilines is 1. The van der Waals surface area contributed by atoms with Gasteiger partial charge >= 0.3 is 0 Å². The summed E-state index contributed by atoms with van der Waals surface area (Å²) in [4.78, 5) is 35.9. The number of hydrogen-bond acceptors (Lipinski definition) is 5. The van der Waals surface area contributed by atoms with E-state index in [1.54, 1.807) is 54.5 Å². The molecule has 0 radical (unpaired) electrons. The average Bonchev–Trinajstić information content (AvgIpc) is 3.17. The highest BCUT2D eigenvalue weighted by atomic mass is 35.5. The number of amides is 2. The lowest BCUT2D eigenvalue weighted by molar-refractivity contribution is 0.0926. The van der Waals surface area contributed by atoms with Crippen LogP contribution in [0.1, 0.15) is 20.7 Å². The van der Waals surface area contributed by atoms with Crippen LogP contribution in [0.5, 0.6) is 0 Å². The number of carbonyl (C=O) groups is 2. The van der Waals surface area contributed by atoms with Gasteiger partial charge in [0, 0.05) is 36.2 Å². The SMILES string of the molecule is Cn1nc(-c2cccnc2)c2c3c(cnc21)C(=O)N(c1cccc(Cl)c1)C3=O. The number of fused-ring (bicyclic) bond motifs is 3. The second-order valence-electron chi connectivity index (χ2n) is 6.38. The first-order chi connectivity index (χ1) is 13.6. The van der Waals surface area contributed by atoms with Crippen LogP contribution >= 0.6 is 11.6 Å². The zero-order valence-electron chi connectivity index (χ0n) is 14.6. The molecule has 0 bridgehead atoms. The minimum Gasteiger partial charge on any atom is -0.268 e. The van der Waals surface area contributed by atoms with Gasteiger partial charge in [0.25, 0.3) is 11.8 Å². The Labute approximate surface area is 164 Å². The Bertz CT molecular complexity index is 1280. The van der Waals surface area contributed by atoms with Crippen LogP contribution < -0.4 is 4.90 Å². The molecule has 7 nitrogen and oxygen atoms in total. The number of nitrogens with zero attached hydrogens (tertiary/aromatic N) is 5. The van der Waals surface area contributed by atoms with Crippen molar-refractivity contribution in [2.75, 3.05) is 4.90 Å². The van der Waals surface area contributed by atoms with E-state index in [0.29, 0.717) is 33.0 Å². The summed E-state index contributed by atoms with van der Waals surface area (Å²) in [6, 6.07) is 10.3. The number of halogens is 1. The van der Waals surface area contributed by atoms with Crippen molar-refractivity contribution in [1.29, 1.82) is 0 Å². The van der Waals surface area contributed by atoms with Crippen LogP contribution in [0.25, 0.3) is 22.3 Å². The van der Waals surface area contributed by atoms with Crippen molar-refractivity contribution < 1.29 is 9.59 Å². The van der Waals surface area contributed by atoms with E-state index in [1.165, 1.54) is 6.20 Å². The molecule has 4 aromatic rings. The molecular formula is C20H12ClN5O2. The quantitative estimate of drug-likeness (QED) is 0.490. The Morgan fingerprint density at radius 1 is 1.04 bits per heavy atom. The molecule has 1 aliphatic rings. The van der Waals surface area contributed by atoms with E-state index >= 15 is 0 Å². The summed E-state index contributed by atoms with van der Waals surface area (Å²) in [7, 11) is 1.75. The summed E-state index contributed by atoms with van der Waals surface area (Å²) in [5.41, 5.74) is 2.77. The maximum atomic E-state index is 13.3. The number of pyridine rings is 2. The number of rotatable bonds is 2. The van der Waals surface area contributed by atoms with Crippen LogP contribution in [-0.4, -0.2) is 31.6 Å². The number of aryl methyl sites for hydroxylation is 1. The number of hydrogen-bond donors (Lipinski definition) is 0. The van der Waals surface area contributed by atoms with Gasteiger partial charge in [-0.3, -0.25) is 14.6 Å². The van der Waals surface area contributed by atoms with E-state index in [4.69, 9.17) is 11.6 Å². The van der Waals surface area contributed by atoms with Gasteiger partial charge in [0.05, 0.1) is 22.2 Å². The van der Waals surface area contributed by atoms with Crippen molar-refractivity contribution in [2.24, 2.45) is 7.05 Å². The van der Waals surface area contributed by atoms with E-state index in [0.717, 1.165) is 10.5 Å². The van der Waals surface area contributed by atoms with Gasteiger partial charge in [0.2, 0.25) is 0 Å². The molecule has 0 N–H and O–H groups in total. The number of carbonyl (C=O) groups excluding carboxylic acids is 2. The van der Waals surface area contributed by atoms with Crippen molar-refractivity contribution in [3.05, 3.63) is 71.1 Å². The van der Waals surface area contributed by atoms with Crippen molar-refractivity contribution in [1.82, 2.24) is 19.7 Å². The van der Waals surface area contributed by atoms with Crippen molar-refractivity contribution >= 4 is 40.1 Å². The van der Waals surface area contributed by atoms with E-state index in [-0.39, 0.29) is 5.56 Å². The molecule has 0 saturated heterocycles. The molecule has 0 atom stereocenters. The highest BCUT2D eigenvalue weighted by molar-refractivity contribution is 6.38. The molecule has 2 amide bonds. The molecule has 5 rings (SSSR count). The first kappa shape index (κ1) is 16.6. The molecule has 1 aliphatic heterocycles. The molecule has 0 saturated carbocycles. The third-order valence-corrected chi connectivity index (χ3v) is 4.94. The van der Waals surface area contributed by atoms with Crippen LogP contribution in [0.2, 0.25) is 5.02 Å². The van der Waals surface area contributed by atoms with E-state index in [9.17, 15) is 9.59 Å². The third kappa shape index (κ3) is 2.26. The van der Waals surface area contributed by atoms with Gasteiger partial charge in [-0.1, -0.05) is 17.7 Å². The molecule has 4 heterocycles. The maximum absolute atomic E-state index is 13.3. The summed E-state index contributed by atoms with van der Waals surface area (Å²) in [6.07, 6.45) is 4.75. The Morgan fingerprint density at radius 2 is 1.89 bits per heavy atom. The average molecular weight is 390 g/mol. The first-order valence-electron chi connectivity index (χ1n) is 8.46. The van der Waals surface area contributed by atoms with Crippen LogP contribution in [0.4, 0.5) is 5.69 Å². The lowest BCUT2D eigenvalue weighted by atomic mass is 10.0. The smallest absolute Gasteiger partial charge is 0.267 e. The van der Waals surface area contributed by atoms with Gasteiger partial charge in [-0.2, -0.15) is 5.10 Å². The van der Waals surface area contributed by atoms with Crippen molar-refractivity contribution in [3.8, 4) is 11.3 Å². The normalized spacial score (nSPS) is 13.4. The zero-order valence-corrected chi connectivity index (χ0v) is 15.4. The summed E-state index contributed by atoms with van der Waals surface area (Å²) in [6.45, 7) is 0. The van der Waals surface area contributed by atoms with Gasteiger partial charge in [-0.05, 0) is 30.3 Å². The Hall–Kier alpha value is -3.58. The maximum Gasteiger partial charge on any atom is 0.267 e.